The number of likely N-dealkylation sites (tertiary alicyclic amines) is 1. The Labute approximate surface area is 196 Å². The highest BCUT2D eigenvalue weighted by Gasteiger charge is 2.21. The van der Waals surface area contributed by atoms with Crippen LogP contribution in [0.25, 0.3) is 10.9 Å². The van der Waals surface area contributed by atoms with Gasteiger partial charge in [-0.2, -0.15) is 0 Å². The van der Waals surface area contributed by atoms with Gasteiger partial charge in [-0.05, 0) is 55.5 Å². The Balaban J connectivity index is 1.45. The number of carbonyl (C=O) groups excluding carboxylic acids is 1. The maximum atomic E-state index is 13.1. The molecule has 0 saturated carbocycles. The monoisotopic (exact) mass is 446 g/mol. The van der Waals surface area contributed by atoms with Crippen LogP contribution < -0.4 is 15.4 Å². The third-order valence-electron chi connectivity index (χ3n) is 6.21. The molecule has 33 heavy (non-hydrogen) atoms. The molecule has 1 aliphatic rings. The molecule has 2 N–H and O–H groups in total. The zero-order valence-corrected chi connectivity index (χ0v) is 19.8. The lowest BCUT2D eigenvalue weighted by Gasteiger charge is -2.34. The van der Waals surface area contributed by atoms with Crippen LogP contribution in [0, 0.1) is 11.8 Å². The SMILES string of the molecule is COc1ccccc1Nc1cc(C(=O)NCCCN2CC(C)CC(C)C2)c2ccccc2n1. The predicted octanol–water partition coefficient (Wildman–Crippen LogP) is 5.08. The highest BCUT2D eigenvalue weighted by molar-refractivity contribution is 6.07. The number of rotatable bonds is 8. The smallest absolute Gasteiger partial charge is 0.252 e. The maximum absolute atomic E-state index is 13.1. The van der Waals surface area contributed by atoms with Crippen molar-refractivity contribution in [2.24, 2.45) is 11.8 Å². The van der Waals surface area contributed by atoms with Crippen molar-refractivity contribution in [3.8, 4) is 5.75 Å². The van der Waals surface area contributed by atoms with Crippen LogP contribution in [0.4, 0.5) is 11.5 Å². The second-order valence-electron chi connectivity index (χ2n) is 9.21. The zero-order valence-electron chi connectivity index (χ0n) is 19.8. The number of aromatic nitrogens is 1. The summed E-state index contributed by atoms with van der Waals surface area (Å²) in [6.07, 6.45) is 2.26. The van der Waals surface area contributed by atoms with E-state index in [9.17, 15) is 4.79 Å². The molecule has 1 fully saturated rings. The van der Waals surface area contributed by atoms with E-state index in [1.165, 1.54) is 6.42 Å². The fourth-order valence-electron chi connectivity index (χ4n) is 4.89. The van der Waals surface area contributed by atoms with Gasteiger partial charge in [0.1, 0.15) is 11.6 Å². The molecular formula is C27H34N4O2. The fraction of sp³-hybridized carbons (Fsp3) is 0.407. The number of piperidine rings is 1. The molecule has 6 heteroatoms. The number of methoxy groups -OCH3 is 1. The van der Waals surface area contributed by atoms with E-state index < -0.39 is 0 Å². The van der Waals surface area contributed by atoms with E-state index in [4.69, 9.17) is 9.72 Å². The summed E-state index contributed by atoms with van der Waals surface area (Å²) >= 11 is 0. The lowest BCUT2D eigenvalue weighted by atomic mass is 9.92. The molecule has 1 aromatic heterocycles. The van der Waals surface area contributed by atoms with Gasteiger partial charge in [-0.3, -0.25) is 4.79 Å². The second-order valence-corrected chi connectivity index (χ2v) is 9.21. The van der Waals surface area contributed by atoms with E-state index in [2.05, 4.69) is 29.4 Å². The van der Waals surface area contributed by atoms with Crippen molar-refractivity contribution in [3.05, 3.63) is 60.2 Å². The first kappa shape index (κ1) is 23.1. The molecule has 1 aliphatic heterocycles. The molecule has 2 atom stereocenters. The Morgan fingerprint density at radius 1 is 1.09 bits per heavy atom. The quantitative estimate of drug-likeness (QED) is 0.472. The van der Waals surface area contributed by atoms with Gasteiger partial charge in [0.15, 0.2) is 0 Å². The minimum absolute atomic E-state index is 0.0722. The molecule has 6 nitrogen and oxygen atoms in total. The zero-order chi connectivity index (χ0) is 23.2. The number of nitrogens with one attached hydrogen (secondary N) is 2. The molecule has 0 aliphatic carbocycles. The summed E-state index contributed by atoms with van der Waals surface area (Å²) in [5.74, 6) is 2.76. The van der Waals surface area contributed by atoms with Crippen LogP contribution in [0.3, 0.4) is 0 Å². The van der Waals surface area contributed by atoms with E-state index >= 15 is 0 Å². The van der Waals surface area contributed by atoms with E-state index in [-0.39, 0.29) is 5.91 Å². The summed E-state index contributed by atoms with van der Waals surface area (Å²) < 4.78 is 5.44. The highest BCUT2D eigenvalue weighted by Crippen LogP contribution is 2.28. The molecule has 2 heterocycles. The third-order valence-corrected chi connectivity index (χ3v) is 6.21. The average Bonchev–Trinajstić information content (AvgIpc) is 2.81. The molecule has 4 rings (SSSR count). The molecule has 3 aromatic rings. The first-order valence-corrected chi connectivity index (χ1v) is 11.8. The van der Waals surface area contributed by atoms with Crippen LogP contribution in [0.1, 0.15) is 37.0 Å². The standard InChI is InChI=1S/C27H34N4O2/c1-19-15-20(2)18-31(17-19)14-8-13-28-27(32)22-16-26(29-23-10-5-4-9-21(22)23)30-24-11-6-7-12-25(24)33-3/h4-7,9-12,16,19-20H,8,13-15,17-18H2,1-3H3,(H,28,32)(H,29,30). The van der Waals surface area contributed by atoms with Crippen molar-refractivity contribution in [1.82, 2.24) is 15.2 Å². The van der Waals surface area contributed by atoms with E-state index in [0.29, 0.717) is 17.9 Å². The highest BCUT2D eigenvalue weighted by atomic mass is 16.5. The summed E-state index contributed by atoms with van der Waals surface area (Å²) in [4.78, 5) is 20.4. The minimum atomic E-state index is -0.0722. The van der Waals surface area contributed by atoms with Gasteiger partial charge < -0.3 is 20.3 Å². The van der Waals surface area contributed by atoms with Crippen LogP contribution in [0.2, 0.25) is 0 Å². The number of para-hydroxylation sites is 3. The van der Waals surface area contributed by atoms with Crippen molar-refractivity contribution in [3.63, 3.8) is 0 Å². The number of anilines is 2. The van der Waals surface area contributed by atoms with Crippen LogP contribution >= 0.6 is 0 Å². The van der Waals surface area contributed by atoms with E-state index in [1.54, 1.807) is 7.11 Å². The first-order valence-electron chi connectivity index (χ1n) is 11.8. The lowest BCUT2D eigenvalue weighted by Crippen LogP contribution is -2.40. The Kier molecular flexibility index (Phi) is 7.45. The number of amides is 1. The van der Waals surface area contributed by atoms with Crippen LogP contribution in [-0.2, 0) is 0 Å². The number of hydrogen-bond acceptors (Lipinski definition) is 5. The van der Waals surface area contributed by atoms with Gasteiger partial charge in [-0.25, -0.2) is 4.98 Å². The largest absolute Gasteiger partial charge is 0.495 e. The molecule has 0 bridgehead atoms. The molecule has 1 saturated heterocycles. The molecule has 0 spiro atoms. The minimum Gasteiger partial charge on any atom is -0.495 e. The summed E-state index contributed by atoms with van der Waals surface area (Å²) in [6, 6.07) is 17.2. The van der Waals surface area contributed by atoms with Gasteiger partial charge in [-0.1, -0.05) is 44.2 Å². The molecule has 2 unspecified atom stereocenters. The Hall–Kier alpha value is -3.12. The number of nitrogens with zero attached hydrogens (tertiary/aromatic N) is 2. The van der Waals surface area contributed by atoms with Crippen LogP contribution in [-0.4, -0.2) is 49.1 Å². The summed E-state index contributed by atoms with van der Waals surface area (Å²) in [6.45, 7) is 8.65. The van der Waals surface area contributed by atoms with Gasteiger partial charge in [0.2, 0.25) is 0 Å². The molecular weight excluding hydrogens is 412 g/mol. The first-order chi connectivity index (χ1) is 16.0. The summed E-state index contributed by atoms with van der Waals surface area (Å²) in [7, 11) is 1.64. The third kappa shape index (κ3) is 5.82. The number of ether oxygens (including phenoxy) is 1. The fourth-order valence-corrected chi connectivity index (χ4v) is 4.89. The molecule has 2 aromatic carbocycles. The van der Waals surface area contributed by atoms with Gasteiger partial charge in [0.25, 0.3) is 5.91 Å². The normalized spacial score (nSPS) is 18.8. The number of fused-ring (bicyclic) bond motifs is 1. The number of carbonyl (C=O) groups is 1. The lowest BCUT2D eigenvalue weighted by molar-refractivity contribution is 0.0949. The van der Waals surface area contributed by atoms with E-state index in [0.717, 1.165) is 60.2 Å². The Morgan fingerprint density at radius 2 is 1.82 bits per heavy atom. The number of pyridine rings is 1. The van der Waals surface area contributed by atoms with Gasteiger partial charge in [-0.15, -0.1) is 0 Å². The van der Waals surface area contributed by atoms with E-state index in [1.807, 2.05) is 54.6 Å². The summed E-state index contributed by atoms with van der Waals surface area (Å²) in [5, 5.41) is 7.27. The van der Waals surface area contributed by atoms with Crippen molar-refractivity contribution >= 4 is 28.3 Å². The van der Waals surface area contributed by atoms with Crippen molar-refractivity contribution in [2.45, 2.75) is 26.7 Å². The van der Waals surface area contributed by atoms with Crippen molar-refractivity contribution < 1.29 is 9.53 Å². The number of hydrogen-bond donors (Lipinski definition) is 2. The summed E-state index contributed by atoms with van der Waals surface area (Å²) in [5.41, 5.74) is 2.20. The van der Waals surface area contributed by atoms with Crippen molar-refractivity contribution in [2.75, 3.05) is 38.6 Å². The Morgan fingerprint density at radius 3 is 2.61 bits per heavy atom. The second kappa shape index (κ2) is 10.7. The molecule has 1 amide bonds. The average molecular weight is 447 g/mol. The van der Waals surface area contributed by atoms with Gasteiger partial charge in [0.05, 0.1) is 23.9 Å². The Bertz CT molecular complexity index is 1090. The van der Waals surface area contributed by atoms with Crippen molar-refractivity contribution in [1.29, 1.82) is 0 Å². The topological polar surface area (TPSA) is 66.5 Å². The van der Waals surface area contributed by atoms with Gasteiger partial charge >= 0.3 is 0 Å². The van der Waals surface area contributed by atoms with Crippen LogP contribution in [0.5, 0.6) is 5.75 Å². The maximum Gasteiger partial charge on any atom is 0.252 e. The molecule has 0 radical (unpaired) electrons. The predicted molar refractivity (Wildman–Crippen MR) is 134 cm³/mol. The van der Waals surface area contributed by atoms with Crippen LogP contribution in [0.15, 0.2) is 54.6 Å². The molecule has 174 valence electrons. The number of benzene rings is 2. The van der Waals surface area contributed by atoms with Gasteiger partial charge in [0, 0.05) is 25.0 Å².